The van der Waals surface area contributed by atoms with Crippen LogP contribution in [0.25, 0.3) is 0 Å². The third-order valence-corrected chi connectivity index (χ3v) is 3.38. The molecular formula is C9H6F6O2S. The van der Waals surface area contributed by atoms with Crippen molar-refractivity contribution in [3.63, 3.8) is 0 Å². The van der Waals surface area contributed by atoms with Crippen LogP contribution in [0.5, 0.6) is 0 Å². The van der Waals surface area contributed by atoms with Crippen LogP contribution in [0.15, 0.2) is 24.3 Å². The first-order valence-corrected chi connectivity index (χ1v) is 6.04. The molecule has 1 aromatic rings. The van der Waals surface area contributed by atoms with Crippen LogP contribution in [-0.4, -0.2) is 13.9 Å². The molecule has 0 N–H and O–H groups in total. The maximum Gasteiger partial charge on any atom is 0.497 e. The number of halogens is 6. The van der Waals surface area contributed by atoms with E-state index >= 15 is 0 Å². The van der Waals surface area contributed by atoms with Crippen LogP contribution >= 0.6 is 0 Å². The Labute approximate surface area is 98.1 Å². The lowest BCUT2D eigenvalue weighted by molar-refractivity contribution is -0.137. The molecule has 9 heteroatoms. The van der Waals surface area contributed by atoms with Gasteiger partial charge >= 0.3 is 11.7 Å². The first-order valence-electron chi connectivity index (χ1n) is 4.38. The van der Waals surface area contributed by atoms with Crippen LogP contribution in [0.4, 0.5) is 26.3 Å². The van der Waals surface area contributed by atoms with Crippen LogP contribution in [-0.2, 0) is 21.8 Å². The molecule has 2 nitrogen and oxygen atoms in total. The average molecular weight is 292 g/mol. The Hall–Kier alpha value is -1.25. The average Bonchev–Trinajstić information content (AvgIpc) is 2.14. The van der Waals surface area contributed by atoms with E-state index in [9.17, 15) is 34.8 Å². The van der Waals surface area contributed by atoms with Crippen LogP contribution in [0, 0.1) is 0 Å². The number of alkyl halides is 6. The molecular weight excluding hydrogens is 286 g/mol. The zero-order chi connectivity index (χ0) is 14.2. The number of rotatable bonds is 2. The van der Waals surface area contributed by atoms with Gasteiger partial charge in [0, 0.05) is 0 Å². The van der Waals surface area contributed by atoms with Gasteiger partial charge in [-0.3, -0.25) is 0 Å². The van der Waals surface area contributed by atoms with Crippen LogP contribution in [0.1, 0.15) is 11.1 Å². The van der Waals surface area contributed by atoms with E-state index in [1.54, 1.807) is 0 Å². The molecule has 0 aliphatic heterocycles. The fourth-order valence-corrected chi connectivity index (χ4v) is 1.92. The first kappa shape index (κ1) is 14.8. The highest BCUT2D eigenvalue weighted by Gasteiger charge is 2.45. The molecule has 0 amide bonds. The molecule has 0 fully saturated rings. The highest BCUT2D eigenvalue weighted by Crippen LogP contribution is 2.31. The van der Waals surface area contributed by atoms with E-state index in [4.69, 9.17) is 0 Å². The molecule has 0 saturated heterocycles. The van der Waals surface area contributed by atoms with Gasteiger partial charge in [-0.05, 0) is 11.6 Å². The van der Waals surface area contributed by atoms with Gasteiger partial charge in [0.05, 0.1) is 11.3 Å². The number of hydrogen-bond donors (Lipinski definition) is 0. The Balaban J connectivity index is 3.08. The van der Waals surface area contributed by atoms with E-state index in [1.165, 1.54) is 0 Å². The Morgan fingerprint density at radius 1 is 1.00 bits per heavy atom. The maximum atomic E-state index is 12.3. The van der Waals surface area contributed by atoms with Crippen LogP contribution in [0.3, 0.4) is 0 Å². The molecule has 18 heavy (non-hydrogen) atoms. The fourth-order valence-electron chi connectivity index (χ4n) is 1.14. The summed E-state index contributed by atoms with van der Waals surface area (Å²) in [6.07, 6.45) is -4.74. The minimum atomic E-state index is -5.48. The van der Waals surface area contributed by atoms with Crippen molar-refractivity contribution in [1.82, 2.24) is 0 Å². The molecule has 0 aromatic heterocycles. The molecule has 1 aromatic carbocycles. The second-order valence-corrected chi connectivity index (χ2v) is 5.38. The van der Waals surface area contributed by atoms with Crippen molar-refractivity contribution >= 4 is 9.84 Å². The highest BCUT2D eigenvalue weighted by atomic mass is 32.2. The van der Waals surface area contributed by atoms with Gasteiger partial charge in [0.1, 0.15) is 0 Å². The normalized spacial score (nSPS) is 13.7. The summed E-state index contributed by atoms with van der Waals surface area (Å²) in [5.41, 5.74) is -7.25. The predicted octanol–water partition coefficient (Wildman–Crippen LogP) is 3.14. The van der Waals surface area contributed by atoms with E-state index in [1.807, 2.05) is 0 Å². The van der Waals surface area contributed by atoms with Crippen molar-refractivity contribution in [2.24, 2.45) is 0 Å². The minimum Gasteiger partial charge on any atom is -0.219 e. The molecule has 0 saturated carbocycles. The summed E-state index contributed by atoms with van der Waals surface area (Å²) in [6.45, 7) is 0. The lowest BCUT2D eigenvalue weighted by atomic mass is 10.1. The summed E-state index contributed by atoms with van der Waals surface area (Å²) < 4.78 is 94.5. The van der Waals surface area contributed by atoms with E-state index in [0.717, 1.165) is 12.1 Å². The highest BCUT2D eigenvalue weighted by molar-refractivity contribution is 7.91. The molecule has 0 radical (unpaired) electrons. The fraction of sp³-hybridized carbons (Fsp3) is 0.333. The monoisotopic (exact) mass is 292 g/mol. The Morgan fingerprint density at radius 3 is 2.00 bits per heavy atom. The molecule has 1 rings (SSSR count). The van der Waals surface area contributed by atoms with Crippen molar-refractivity contribution in [1.29, 1.82) is 0 Å². The lowest BCUT2D eigenvalue weighted by Crippen LogP contribution is -2.24. The quantitative estimate of drug-likeness (QED) is 0.785. The number of hydrogen-bond acceptors (Lipinski definition) is 2. The van der Waals surface area contributed by atoms with E-state index in [0.29, 0.717) is 12.1 Å². The summed E-state index contributed by atoms with van der Waals surface area (Å²) in [4.78, 5) is 0. The van der Waals surface area contributed by atoms with E-state index in [2.05, 4.69) is 0 Å². The molecule has 0 aliphatic rings. The van der Waals surface area contributed by atoms with Crippen molar-refractivity contribution in [3.05, 3.63) is 35.4 Å². The summed E-state index contributed by atoms with van der Waals surface area (Å²) in [5, 5.41) is 0. The van der Waals surface area contributed by atoms with Crippen molar-refractivity contribution in [2.45, 2.75) is 17.4 Å². The molecule has 0 heterocycles. The molecule has 0 unspecified atom stereocenters. The Morgan fingerprint density at radius 2 is 1.56 bits per heavy atom. The molecule has 0 atom stereocenters. The van der Waals surface area contributed by atoms with Crippen LogP contribution in [0.2, 0.25) is 0 Å². The smallest absolute Gasteiger partial charge is 0.219 e. The Bertz CT molecular complexity index is 529. The summed E-state index contributed by atoms with van der Waals surface area (Å²) in [6, 6.07) is 2.76. The molecule has 0 bridgehead atoms. The van der Waals surface area contributed by atoms with E-state index in [-0.39, 0.29) is 0 Å². The standard InChI is InChI=1S/C9H6F6O2S/c10-8(11,12)7-3-1-2-6(4-7)5-18(16,17)9(13,14)15/h1-4H,5H2. The summed E-state index contributed by atoms with van der Waals surface area (Å²) >= 11 is 0. The van der Waals surface area contributed by atoms with Gasteiger partial charge < -0.3 is 0 Å². The third kappa shape index (κ3) is 3.37. The van der Waals surface area contributed by atoms with Gasteiger partial charge in [0.25, 0.3) is 9.84 Å². The minimum absolute atomic E-state index is 0.378. The van der Waals surface area contributed by atoms with Gasteiger partial charge in [-0.1, -0.05) is 18.2 Å². The topological polar surface area (TPSA) is 34.1 Å². The van der Waals surface area contributed by atoms with Crippen molar-refractivity contribution in [3.8, 4) is 0 Å². The molecule has 0 spiro atoms. The third-order valence-electron chi connectivity index (χ3n) is 1.96. The van der Waals surface area contributed by atoms with Crippen molar-refractivity contribution < 1.29 is 34.8 Å². The zero-order valence-corrected chi connectivity index (χ0v) is 9.33. The molecule has 102 valence electrons. The second kappa shape index (κ2) is 4.45. The maximum absolute atomic E-state index is 12.3. The predicted molar refractivity (Wildman–Crippen MR) is 50.1 cm³/mol. The summed E-state index contributed by atoms with van der Waals surface area (Å²) in [5.74, 6) is -1.51. The van der Waals surface area contributed by atoms with Crippen molar-refractivity contribution in [2.75, 3.05) is 0 Å². The SMILES string of the molecule is O=S(=O)(Cc1cccc(C(F)(F)F)c1)C(F)(F)F. The van der Waals surface area contributed by atoms with Crippen LogP contribution < -0.4 is 0 Å². The van der Waals surface area contributed by atoms with Gasteiger partial charge in [0.2, 0.25) is 0 Å². The second-order valence-electron chi connectivity index (χ2n) is 3.40. The lowest BCUT2D eigenvalue weighted by Gasteiger charge is -2.10. The molecule has 0 aliphatic carbocycles. The van der Waals surface area contributed by atoms with Gasteiger partial charge in [-0.25, -0.2) is 8.42 Å². The van der Waals surface area contributed by atoms with Gasteiger partial charge in [-0.2, -0.15) is 26.3 Å². The zero-order valence-electron chi connectivity index (χ0n) is 8.51. The summed E-state index contributed by atoms with van der Waals surface area (Å²) in [7, 11) is -5.48. The van der Waals surface area contributed by atoms with Gasteiger partial charge in [0.15, 0.2) is 0 Å². The van der Waals surface area contributed by atoms with E-state index < -0.39 is 38.4 Å². The number of benzene rings is 1. The Kier molecular flexibility index (Phi) is 3.66. The first-order chi connectivity index (χ1) is 7.93. The largest absolute Gasteiger partial charge is 0.497 e. The number of sulfone groups is 1. The van der Waals surface area contributed by atoms with Gasteiger partial charge in [-0.15, -0.1) is 0 Å².